The maximum Gasteiger partial charge on any atom is 0.333 e. The molecule has 0 aliphatic carbocycles. The lowest BCUT2D eigenvalue weighted by Crippen LogP contribution is -2.01. The van der Waals surface area contributed by atoms with Gasteiger partial charge in [-0.15, -0.1) is 11.6 Å². The summed E-state index contributed by atoms with van der Waals surface area (Å²) in [5.41, 5.74) is 0.614. The Bertz CT molecular complexity index is 141. The van der Waals surface area contributed by atoms with Gasteiger partial charge in [0.25, 0.3) is 0 Å². The number of alkyl halides is 1. The Morgan fingerprint density at radius 2 is 2.30 bits per heavy atom. The van der Waals surface area contributed by atoms with Gasteiger partial charge in [0, 0.05) is 11.5 Å². The predicted octanol–water partition coefficient (Wildman–Crippen LogP) is 1.73. The van der Waals surface area contributed by atoms with E-state index in [1.165, 1.54) is 7.11 Å². The summed E-state index contributed by atoms with van der Waals surface area (Å²) in [4.78, 5) is 10.7. The number of allylic oxidation sites excluding steroid dienone is 1. The summed E-state index contributed by atoms with van der Waals surface area (Å²) in [5, 5.41) is 0. The summed E-state index contributed by atoms with van der Waals surface area (Å²) in [7, 11) is 1.36. The van der Waals surface area contributed by atoms with Crippen LogP contribution < -0.4 is 0 Å². The Kier molecular flexibility index (Phi) is 5.03. The highest BCUT2D eigenvalue weighted by Crippen LogP contribution is 1.98. The third kappa shape index (κ3) is 3.51. The standard InChI is InChI=1S/C7H11ClO2/c1-6(4-3-5-8)7(9)10-2/h4H,3,5H2,1-2H3. The Balaban J connectivity index is 3.80. The van der Waals surface area contributed by atoms with E-state index in [1.807, 2.05) is 0 Å². The lowest BCUT2D eigenvalue weighted by molar-refractivity contribution is -0.136. The van der Waals surface area contributed by atoms with E-state index in [1.54, 1.807) is 13.0 Å². The van der Waals surface area contributed by atoms with Gasteiger partial charge in [-0.3, -0.25) is 0 Å². The smallest absolute Gasteiger partial charge is 0.333 e. The summed E-state index contributed by atoms with van der Waals surface area (Å²) in [5.74, 6) is 0.249. The fourth-order valence-corrected chi connectivity index (χ4v) is 0.624. The first-order chi connectivity index (χ1) is 4.72. The molecule has 0 aromatic carbocycles. The van der Waals surface area contributed by atoms with Crippen molar-refractivity contribution in [2.24, 2.45) is 0 Å². The minimum Gasteiger partial charge on any atom is -0.466 e. The highest BCUT2D eigenvalue weighted by molar-refractivity contribution is 6.17. The van der Waals surface area contributed by atoms with Crippen LogP contribution in [0.2, 0.25) is 0 Å². The molecule has 0 fully saturated rings. The van der Waals surface area contributed by atoms with Crippen molar-refractivity contribution in [3.8, 4) is 0 Å². The van der Waals surface area contributed by atoms with Gasteiger partial charge < -0.3 is 4.74 Å². The summed E-state index contributed by atoms with van der Waals surface area (Å²) in [6.07, 6.45) is 2.47. The molecule has 3 heteroatoms. The van der Waals surface area contributed by atoms with Crippen molar-refractivity contribution >= 4 is 17.6 Å². The molecule has 0 radical (unpaired) electrons. The average molecular weight is 163 g/mol. The number of esters is 1. The van der Waals surface area contributed by atoms with Gasteiger partial charge in [0.15, 0.2) is 0 Å². The monoisotopic (exact) mass is 162 g/mol. The molecule has 2 nitrogen and oxygen atoms in total. The topological polar surface area (TPSA) is 26.3 Å². The van der Waals surface area contributed by atoms with Crippen LogP contribution in [0.5, 0.6) is 0 Å². The van der Waals surface area contributed by atoms with Gasteiger partial charge in [-0.05, 0) is 13.3 Å². The molecule has 0 saturated heterocycles. The third-order valence-electron chi connectivity index (χ3n) is 1.07. The van der Waals surface area contributed by atoms with Crippen molar-refractivity contribution in [3.05, 3.63) is 11.6 Å². The lowest BCUT2D eigenvalue weighted by Gasteiger charge is -1.96. The van der Waals surface area contributed by atoms with E-state index in [2.05, 4.69) is 4.74 Å². The normalized spacial score (nSPS) is 11.3. The first-order valence-electron chi connectivity index (χ1n) is 3.03. The summed E-state index contributed by atoms with van der Waals surface area (Å²) < 4.78 is 4.46. The van der Waals surface area contributed by atoms with Gasteiger partial charge in [0.1, 0.15) is 0 Å². The number of hydrogen-bond donors (Lipinski definition) is 0. The highest BCUT2D eigenvalue weighted by Gasteiger charge is 2.00. The molecule has 0 rings (SSSR count). The third-order valence-corrected chi connectivity index (χ3v) is 1.29. The van der Waals surface area contributed by atoms with E-state index in [9.17, 15) is 4.79 Å². The second kappa shape index (κ2) is 5.30. The van der Waals surface area contributed by atoms with Crippen LogP contribution in [0.15, 0.2) is 11.6 Å². The van der Waals surface area contributed by atoms with Crippen LogP contribution in [0.25, 0.3) is 0 Å². The first-order valence-corrected chi connectivity index (χ1v) is 3.57. The van der Waals surface area contributed by atoms with Crippen molar-refractivity contribution < 1.29 is 9.53 Å². The van der Waals surface area contributed by atoms with E-state index in [0.717, 1.165) is 0 Å². The quantitative estimate of drug-likeness (QED) is 0.359. The number of halogens is 1. The van der Waals surface area contributed by atoms with Crippen LogP contribution in [-0.2, 0) is 9.53 Å². The molecule has 0 aromatic rings. The summed E-state index contributed by atoms with van der Waals surface area (Å²) in [6.45, 7) is 1.71. The zero-order valence-electron chi connectivity index (χ0n) is 6.19. The van der Waals surface area contributed by atoms with Crippen LogP contribution in [0, 0.1) is 0 Å². The predicted molar refractivity (Wildman–Crippen MR) is 41.1 cm³/mol. The van der Waals surface area contributed by atoms with Crippen LogP contribution in [0.4, 0.5) is 0 Å². The van der Waals surface area contributed by atoms with E-state index in [4.69, 9.17) is 11.6 Å². The second-order valence-electron chi connectivity index (χ2n) is 1.86. The lowest BCUT2D eigenvalue weighted by atomic mass is 10.2. The number of carbonyl (C=O) groups is 1. The molecule has 58 valence electrons. The average Bonchev–Trinajstić information content (AvgIpc) is 1.98. The molecule has 0 spiro atoms. The van der Waals surface area contributed by atoms with Gasteiger partial charge in [0.05, 0.1) is 7.11 Å². The number of hydrogen-bond acceptors (Lipinski definition) is 2. The summed E-state index contributed by atoms with van der Waals surface area (Å²) in [6, 6.07) is 0. The molecule has 0 N–H and O–H groups in total. The Morgan fingerprint density at radius 1 is 1.70 bits per heavy atom. The first kappa shape index (κ1) is 9.50. The molecule has 0 atom stereocenters. The second-order valence-corrected chi connectivity index (χ2v) is 2.23. The SMILES string of the molecule is COC(=O)C(C)=CCCCl. The Morgan fingerprint density at radius 3 is 2.70 bits per heavy atom. The minimum absolute atomic E-state index is 0.287. The number of ether oxygens (including phenoxy) is 1. The molecule has 0 aromatic heterocycles. The fourth-order valence-electron chi connectivity index (χ4n) is 0.515. The van der Waals surface area contributed by atoms with E-state index < -0.39 is 0 Å². The van der Waals surface area contributed by atoms with Gasteiger partial charge in [-0.1, -0.05) is 6.08 Å². The minimum atomic E-state index is -0.287. The molecular formula is C7H11ClO2. The van der Waals surface area contributed by atoms with Gasteiger partial charge in [-0.25, -0.2) is 4.79 Å². The molecule has 0 saturated carbocycles. The van der Waals surface area contributed by atoms with Gasteiger partial charge >= 0.3 is 5.97 Å². The largest absolute Gasteiger partial charge is 0.466 e. The number of carbonyl (C=O) groups excluding carboxylic acids is 1. The van der Waals surface area contributed by atoms with E-state index in [0.29, 0.717) is 17.9 Å². The zero-order valence-corrected chi connectivity index (χ0v) is 6.94. The molecular weight excluding hydrogens is 152 g/mol. The van der Waals surface area contributed by atoms with Crippen molar-refractivity contribution in [1.82, 2.24) is 0 Å². The maximum absolute atomic E-state index is 10.7. The fraction of sp³-hybridized carbons (Fsp3) is 0.571. The Labute approximate surface area is 65.8 Å². The Hall–Kier alpha value is -0.500. The van der Waals surface area contributed by atoms with Gasteiger partial charge in [0.2, 0.25) is 0 Å². The highest BCUT2D eigenvalue weighted by atomic mass is 35.5. The van der Waals surface area contributed by atoms with Crippen LogP contribution in [-0.4, -0.2) is 19.0 Å². The number of methoxy groups -OCH3 is 1. The van der Waals surface area contributed by atoms with Crippen molar-refractivity contribution in [2.45, 2.75) is 13.3 Å². The molecule has 0 aliphatic heterocycles. The molecule has 10 heavy (non-hydrogen) atoms. The summed E-state index contributed by atoms with van der Waals surface area (Å²) >= 11 is 5.40. The van der Waals surface area contributed by atoms with Crippen LogP contribution >= 0.6 is 11.6 Å². The maximum atomic E-state index is 10.7. The zero-order chi connectivity index (χ0) is 7.98. The molecule has 0 aliphatic rings. The van der Waals surface area contributed by atoms with Gasteiger partial charge in [-0.2, -0.15) is 0 Å². The van der Waals surface area contributed by atoms with Crippen molar-refractivity contribution in [3.63, 3.8) is 0 Å². The molecule has 0 amide bonds. The molecule has 0 heterocycles. The number of rotatable bonds is 3. The van der Waals surface area contributed by atoms with E-state index in [-0.39, 0.29) is 5.97 Å². The van der Waals surface area contributed by atoms with E-state index >= 15 is 0 Å². The molecule has 0 bridgehead atoms. The van der Waals surface area contributed by atoms with Crippen LogP contribution in [0.1, 0.15) is 13.3 Å². The van der Waals surface area contributed by atoms with Crippen molar-refractivity contribution in [2.75, 3.05) is 13.0 Å². The van der Waals surface area contributed by atoms with Crippen molar-refractivity contribution in [1.29, 1.82) is 0 Å². The van der Waals surface area contributed by atoms with Crippen LogP contribution in [0.3, 0.4) is 0 Å². The molecule has 0 unspecified atom stereocenters.